The van der Waals surface area contributed by atoms with Crippen molar-refractivity contribution in [2.75, 3.05) is 0 Å². The third-order valence-corrected chi connectivity index (χ3v) is 4.96. The van der Waals surface area contributed by atoms with Crippen molar-refractivity contribution in [3.8, 4) is 0 Å². The van der Waals surface area contributed by atoms with E-state index in [1.54, 1.807) is 11.8 Å². The minimum atomic E-state index is -0.528. The van der Waals surface area contributed by atoms with E-state index < -0.39 is 9.68 Å². The van der Waals surface area contributed by atoms with Crippen molar-refractivity contribution in [2.24, 2.45) is 5.92 Å². The van der Waals surface area contributed by atoms with Crippen LogP contribution in [0, 0.1) is 5.92 Å². The number of esters is 1. The summed E-state index contributed by atoms with van der Waals surface area (Å²) >= 11 is 1.56. The topological polar surface area (TPSA) is 43.4 Å². The van der Waals surface area contributed by atoms with Crippen LogP contribution < -0.4 is 0 Å². The number of ketones is 1. The van der Waals surface area contributed by atoms with Gasteiger partial charge in [0, 0.05) is 12.8 Å². The Morgan fingerprint density at radius 1 is 1.31 bits per heavy atom. The fourth-order valence-corrected chi connectivity index (χ4v) is 4.27. The molecule has 2 rings (SSSR count). The maximum Gasteiger partial charge on any atom is 0.323 e. The van der Waals surface area contributed by atoms with Crippen molar-refractivity contribution in [1.82, 2.24) is 0 Å². The molecule has 4 heteroatoms. The molecule has 0 aromatic carbocycles. The lowest BCUT2D eigenvalue weighted by Crippen LogP contribution is -2.39. The molecule has 3 nitrogen and oxygen atoms in total. The highest BCUT2D eigenvalue weighted by Gasteiger charge is 2.55. The quantitative estimate of drug-likeness (QED) is 0.663. The van der Waals surface area contributed by atoms with Gasteiger partial charge in [0.2, 0.25) is 0 Å². The number of hydrogen-bond acceptors (Lipinski definition) is 4. The highest BCUT2D eigenvalue weighted by Crippen LogP contribution is 2.52. The molecule has 0 aromatic rings. The second kappa shape index (κ2) is 3.76. The van der Waals surface area contributed by atoms with E-state index >= 15 is 0 Å². The summed E-state index contributed by atoms with van der Waals surface area (Å²) in [5.74, 6) is 0.283. The van der Waals surface area contributed by atoms with Crippen molar-refractivity contribution < 1.29 is 14.3 Å². The molecule has 2 fully saturated rings. The first-order chi connectivity index (χ1) is 7.33. The molecule has 1 saturated carbocycles. The highest BCUT2D eigenvalue weighted by molar-refractivity contribution is 8.02. The Bertz CT molecular complexity index is 337. The van der Waals surface area contributed by atoms with Crippen LogP contribution in [0.4, 0.5) is 0 Å². The van der Waals surface area contributed by atoms with Gasteiger partial charge in [-0.25, -0.2) is 0 Å². The SMILES string of the molecule is CC1(C)OC(=O)C(C)(C2CCCC(=O)C2)S1. The molecule has 1 heterocycles. The van der Waals surface area contributed by atoms with Gasteiger partial charge in [-0.3, -0.25) is 9.59 Å². The fraction of sp³-hybridized carbons (Fsp3) is 0.833. The zero-order valence-electron chi connectivity index (χ0n) is 10.0. The molecule has 1 aliphatic carbocycles. The van der Waals surface area contributed by atoms with Crippen LogP contribution in [-0.4, -0.2) is 21.4 Å². The van der Waals surface area contributed by atoms with Crippen molar-refractivity contribution in [3.63, 3.8) is 0 Å². The summed E-state index contributed by atoms with van der Waals surface area (Å²) in [4.78, 5) is 23.0. The van der Waals surface area contributed by atoms with Gasteiger partial charge in [0.15, 0.2) is 4.93 Å². The van der Waals surface area contributed by atoms with Crippen LogP contribution in [0.25, 0.3) is 0 Å². The van der Waals surface area contributed by atoms with Crippen LogP contribution in [0.1, 0.15) is 46.5 Å². The number of carbonyl (C=O) groups excluding carboxylic acids is 2. The van der Waals surface area contributed by atoms with E-state index in [-0.39, 0.29) is 17.7 Å². The van der Waals surface area contributed by atoms with Crippen LogP contribution in [0.2, 0.25) is 0 Å². The number of carbonyl (C=O) groups is 2. The Morgan fingerprint density at radius 2 is 2.00 bits per heavy atom. The fourth-order valence-electron chi connectivity index (χ4n) is 2.64. The lowest BCUT2D eigenvalue weighted by Gasteiger charge is -2.32. The second-order valence-corrected chi connectivity index (χ2v) is 7.37. The standard InChI is InChI=1S/C12H18O3S/c1-11(2)15-10(14)12(3,16-11)8-5-4-6-9(13)7-8/h8H,4-7H2,1-3H3. The zero-order valence-corrected chi connectivity index (χ0v) is 10.9. The predicted octanol–water partition coefficient (Wildman–Crippen LogP) is 2.53. The van der Waals surface area contributed by atoms with E-state index in [9.17, 15) is 9.59 Å². The molecule has 1 aliphatic heterocycles. The molecule has 0 bridgehead atoms. The number of hydrogen-bond donors (Lipinski definition) is 0. The predicted molar refractivity (Wildman–Crippen MR) is 63.1 cm³/mol. The van der Waals surface area contributed by atoms with Crippen LogP contribution in [0.3, 0.4) is 0 Å². The van der Waals surface area contributed by atoms with Crippen LogP contribution in [0.15, 0.2) is 0 Å². The lowest BCUT2D eigenvalue weighted by atomic mass is 9.79. The average Bonchev–Trinajstić information content (AvgIpc) is 2.36. The molecule has 16 heavy (non-hydrogen) atoms. The normalized spacial score (nSPS) is 38.6. The van der Waals surface area contributed by atoms with Gasteiger partial charge in [0.1, 0.15) is 10.5 Å². The van der Waals surface area contributed by atoms with Gasteiger partial charge in [-0.05, 0) is 39.5 Å². The van der Waals surface area contributed by atoms with Crippen LogP contribution in [0.5, 0.6) is 0 Å². The molecule has 2 unspecified atom stereocenters. The summed E-state index contributed by atoms with van der Waals surface area (Å²) in [7, 11) is 0. The molecular weight excluding hydrogens is 224 g/mol. The summed E-state index contributed by atoms with van der Waals surface area (Å²) in [6, 6.07) is 0. The minimum absolute atomic E-state index is 0.146. The molecule has 0 radical (unpaired) electrons. The molecular formula is C12H18O3S. The summed E-state index contributed by atoms with van der Waals surface area (Å²) < 4.78 is 4.84. The van der Waals surface area contributed by atoms with E-state index in [0.717, 1.165) is 12.8 Å². The molecule has 1 saturated heterocycles. The summed E-state index contributed by atoms with van der Waals surface area (Å²) in [5.41, 5.74) is 0. The lowest BCUT2D eigenvalue weighted by molar-refractivity contribution is -0.150. The van der Waals surface area contributed by atoms with E-state index in [2.05, 4.69) is 0 Å². The minimum Gasteiger partial charge on any atom is -0.447 e. The number of Topliss-reactive ketones (excluding diaryl/α,β-unsaturated/α-hetero) is 1. The molecule has 90 valence electrons. The van der Waals surface area contributed by atoms with E-state index in [1.807, 2.05) is 20.8 Å². The summed E-state index contributed by atoms with van der Waals surface area (Å²) in [6.07, 6.45) is 3.08. The Balaban J connectivity index is 2.18. The molecule has 2 atom stereocenters. The van der Waals surface area contributed by atoms with Crippen LogP contribution in [-0.2, 0) is 14.3 Å². The van der Waals surface area contributed by atoms with Gasteiger partial charge in [0.25, 0.3) is 0 Å². The number of ether oxygens (including phenoxy) is 1. The third kappa shape index (κ3) is 1.99. The number of rotatable bonds is 1. The molecule has 2 aliphatic rings. The molecule has 0 amide bonds. The average molecular weight is 242 g/mol. The Kier molecular flexibility index (Phi) is 2.81. The zero-order chi connectivity index (χ0) is 12.0. The smallest absolute Gasteiger partial charge is 0.323 e. The molecule has 0 aromatic heterocycles. The van der Waals surface area contributed by atoms with Crippen molar-refractivity contribution in [3.05, 3.63) is 0 Å². The molecule has 0 spiro atoms. The van der Waals surface area contributed by atoms with Gasteiger partial charge < -0.3 is 4.74 Å². The largest absolute Gasteiger partial charge is 0.447 e. The third-order valence-electron chi connectivity index (χ3n) is 3.46. The monoisotopic (exact) mass is 242 g/mol. The highest BCUT2D eigenvalue weighted by atomic mass is 32.2. The first kappa shape index (κ1) is 12.0. The summed E-state index contributed by atoms with van der Waals surface area (Å²) in [5, 5.41) is 0. The maximum absolute atomic E-state index is 12.0. The van der Waals surface area contributed by atoms with Crippen molar-refractivity contribution >= 4 is 23.5 Å². The van der Waals surface area contributed by atoms with E-state index in [4.69, 9.17) is 4.74 Å². The Hall–Kier alpha value is -0.510. The van der Waals surface area contributed by atoms with Gasteiger partial charge in [-0.15, -0.1) is 0 Å². The maximum atomic E-state index is 12.0. The Labute approximate surface area is 100 Å². The number of cyclic esters (lactones) is 1. The molecule has 0 N–H and O–H groups in total. The van der Waals surface area contributed by atoms with Crippen LogP contribution >= 0.6 is 11.8 Å². The second-order valence-electron chi connectivity index (χ2n) is 5.33. The van der Waals surface area contributed by atoms with Gasteiger partial charge in [0.05, 0.1) is 0 Å². The summed E-state index contributed by atoms with van der Waals surface area (Å²) in [6.45, 7) is 5.74. The van der Waals surface area contributed by atoms with Gasteiger partial charge in [-0.2, -0.15) is 0 Å². The van der Waals surface area contributed by atoms with Crippen molar-refractivity contribution in [1.29, 1.82) is 0 Å². The van der Waals surface area contributed by atoms with E-state index in [0.29, 0.717) is 12.8 Å². The van der Waals surface area contributed by atoms with Crippen molar-refractivity contribution in [2.45, 2.75) is 56.1 Å². The first-order valence-electron chi connectivity index (χ1n) is 5.79. The van der Waals surface area contributed by atoms with E-state index in [1.165, 1.54) is 0 Å². The Morgan fingerprint density at radius 3 is 2.50 bits per heavy atom. The first-order valence-corrected chi connectivity index (χ1v) is 6.60. The van der Waals surface area contributed by atoms with Gasteiger partial charge in [-0.1, -0.05) is 11.8 Å². The number of thioether (sulfide) groups is 1. The van der Waals surface area contributed by atoms with Gasteiger partial charge >= 0.3 is 5.97 Å².